The van der Waals surface area contributed by atoms with E-state index >= 15 is 0 Å². The fourth-order valence-electron chi connectivity index (χ4n) is 3.98. The molecule has 3 heterocycles. The Bertz CT molecular complexity index is 786. The Balaban J connectivity index is 1.35. The van der Waals surface area contributed by atoms with E-state index in [1.54, 1.807) is 9.80 Å². The average molecular weight is 370 g/mol. The molecule has 27 heavy (non-hydrogen) atoms. The van der Waals surface area contributed by atoms with E-state index in [1.807, 2.05) is 30.3 Å². The minimum Gasteiger partial charge on any atom is -0.381 e. The summed E-state index contributed by atoms with van der Waals surface area (Å²) >= 11 is 0. The molecule has 0 aliphatic carbocycles. The van der Waals surface area contributed by atoms with E-state index in [9.17, 15) is 9.59 Å². The van der Waals surface area contributed by atoms with Crippen LogP contribution in [0.1, 0.15) is 23.3 Å². The SMILES string of the molecule is NC(C(=O)N1CCN(C(=O)c2cc3ccccc3[nH]2)CC1)C1CCOCC1. The number of H-pyrrole nitrogens is 1. The predicted molar refractivity (Wildman–Crippen MR) is 102 cm³/mol. The molecule has 0 saturated carbocycles. The molecule has 1 aromatic heterocycles. The number of fused-ring (bicyclic) bond motifs is 1. The van der Waals surface area contributed by atoms with Crippen LogP contribution in [0.2, 0.25) is 0 Å². The van der Waals surface area contributed by atoms with Gasteiger partial charge < -0.3 is 25.3 Å². The molecule has 7 nitrogen and oxygen atoms in total. The van der Waals surface area contributed by atoms with Crippen LogP contribution in [-0.2, 0) is 9.53 Å². The predicted octanol–water partition coefficient (Wildman–Crippen LogP) is 1.21. The Labute approximate surface area is 158 Å². The second-order valence-electron chi connectivity index (χ2n) is 7.36. The Kier molecular flexibility index (Phi) is 5.13. The molecule has 1 atom stereocenters. The number of rotatable bonds is 3. The Hall–Kier alpha value is -2.38. The van der Waals surface area contributed by atoms with Crippen molar-refractivity contribution in [3.63, 3.8) is 0 Å². The first-order valence-electron chi connectivity index (χ1n) is 9.62. The number of aromatic nitrogens is 1. The van der Waals surface area contributed by atoms with Gasteiger partial charge >= 0.3 is 0 Å². The van der Waals surface area contributed by atoms with Crippen molar-refractivity contribution in [1.29, 1.82) is 0 Å². The van der Waals surface area contributed by atoms with Crippen molar-refractivity contribution in [3.05, 3.63) is 36.0 Å². The van der Waals surface area contributed by atoms with Gasteiger partial charge in [0, 0.05) is 50.3 Å². The topological polar surface area (TPSA) is 91.7 Å². The van der Waals surface area contributed by atoms with Crippen molar-refractivity contribution in [1.82, 2.24) is 14.8 Å². The van der Waals surface area contributed by atoms with Crippen LogP contribution in [-0.4, -0.2) is 72.0 Å². The molecule has 3 N–H and O–H groups in total. The maximum atomic E-state index is 12.8. The molecule has 2 aliphatic rings. The van der Waals surface area contributed by atoms with Crippen LogP contribution >= 0.6 is 0 Å². The number of carbonyl (C=O) groups excluding carboxylic acids is 2. The summed E-state index contributed by atoms with van der Waals surface area (Å²) in [5.74, 6) is 0.170. The van der Waals surface area contributed by atoms with Crippen molar-refractivity contribution in [3.8, 4) is 0 Å². The van der Waals surface area contributed by atoms with Crippen molar-refractivity contribution in [2.24, 2.45) is 11.7 Å². The van der Waals surface area contributed by atoms with Gasteiger partial charge in [-0.3, -0.25) is 9.59 Å². The zero-order valence-electron chi connectivity index (χ0n) is 15.4. The molecule has 7 heteroatoms. The number of nitrogens with one attached hydrogen (secondary N) is 1. The largest absolute Gasteiger partial charge is 0.381 e. The number of piperazine rings is 1. The number of hydrogen-bond acceptors (Lipinski definition) is 4. The smallest absolute Gasteiger partial charge is 0.270 e. The first-order valence-corrected chi connectivity index (χ1v) is 9.62. The maximum absolute atomic E-state index is 12.8. The van der Waals surface area contributed by atoms with Crippen LogP contribution in [0.25, 0.3) is 10.9 Å². The molecule has 144 valence electrons. The number of nitrogens with zero attached hydrogens (tertiary/aromatic N) is 2. The van der Waals surface area contributed by atoms with Gasteiger partial charge in [-0.2, -0.15) is 0 Å². The maximum Gasteiger partial charge on any atom is 0.270 e. The summed E-state index contributed by atoms with van der Waals surface area (Å²) in [6.45, 7) is 3.47. The number of nitrogens with two attached hydrogens (primary N) is 1. The number of aromatic amines is 1. The third-order valence-corrected chi connectivity index (χ3v) is 5.70. The van der Waals surface area contributed by atoms with E-state index in [-0.39, 0.29) is 17.7 Å². The van der Waals surface area contributed by atoms with Crippen LogP contribution in [0.4, 0.5) is 0 Å². The average Bonchev–Trinajstić information content (AvgIpc) is 3.17. The number of para-hydroxylation sites is 1. The standard InChI is InChI=1S/C20H26N4O3/c21-18(14-5-11-27-12-6-14)20(26)24-9-7-23(8-10-24)19(25)17-13-15-3-1-2-4-16(15)22-17/h1-4,13-14,18,22H,5-12,21H2. The van der Waals surface area contributed by atoms with Gasteiger partial charge in [-0.15, -0.1) is 0 Å². The summed E-state index contributed by atoms with van der Waals surface area (Å²) in [6, 6.07) is 9.26. The molecule has 4 rings (SSSR count). The van der Waals surface area contributed by atoms with E-state index in [1.165, 1.54) is 0 Å². The first-order chi connectivity index (χ1) is 13.1. The van der Waals surface area contributed by atoms with Gasteiger partial charge in [0.2, 0.25) is 5.91 Å². The third-order valence-electron chi connectivity index (χ3n) is 5.70. The second kappa shape index (κ2) is 7.70. The first kappa shape index (κ1) is 18.0. The quantitative estimate of drug-likeness (QED) is 0.849. The minimum absolute atomic E-state index is 0.000360. The van der Waals surface area contributed by atoms with Crippen molar-refractivity contribution < 1.29 is 14.3 Å². The zero-order chi connectivity index (χ0) is 18.8. The van der Waals surface area contributed by atoms with Crippen LogP contribution in [0.15, 0.2) is 30.3 Å². The number of amides is 2. The number of carbonyl (C=O) groups is 2. The molecular weight excluding hydrogens is 344 g/mol. The van der Waals surface area contributed by atoms with Gasteiger partial charge in [-0.25, -0.2) is 0 Å². The zero-order valence-corrected chi connectivity index (χ0v) is 15.4. The van der Waals surface area contributed by atoms with Gasteiger partial charge in [0.1, 0.15) is 5.69 Å². The van der Waals surface area contributed by atoms with Crippen LogP contribution < -0.4 is 5.73 Å². The highest BCUT2D eigenvalue weighted by molar-refractivity contribution is 5.98. The monoisotopic (exact) mass is 370 g/mol. The molecule has 2 aromatic rings. The fourth-order valence-corrected chi connectivity index (χ4v) is 3.98. The van der Waals surface area contributed by atoms with Gasteiger partial charge in [0.05, 0.1) is 6.04 Å². The lowest BCUT2D eigenvalue weighted by molar-refractivity contribution is -0.136. The minimum atomic E-state index is -0.468. The highest BCUT2D eigenvalue weighted by Crippen LogP contribution is 2.20. The molecule has 0 radical (unpaired) electrons. The lowest BCUT2D eigenvalue weighted by Crippen LogP contribution is -2.56. The molecule has 2 saturated heterocycles. The van der Waals surface area contributed by atoms with E-state index in [2.05, 4.69) is 4.98 Å². The molecule has 2 fully saturated rings. The number of hydrogen-bond donors (Lipinski definition) is 2. The van der Waals surface area contributed by atoms with Gasteiger partial charge in [-0.1, -0.05) is 18.2 Å². The second-order valence-corrected chi connectivity index (χ2v) is 7.36. The van der Waals surface area contributed by atoms with E-state index in [4.69, 9.17) is 10.5 Å². The fraction of sp³-hybridized carbons (Fsp3) is 0.500. The summed E-state index contributed by atoms with van der Waals surface area (Å²) in [6.07, 6.45) is 1.68. The Morgan fingerprint density at radius 2 is 1.74 bits per heavy atom. The van der Waals surface area contributed by atoms with E-state index in [0.29, 0.717) is 45.1 Å². The van der Waals surface area contributed by atoms with Gasteiger partial charge in [-0.05, 0) is 30.9 Å². The summed E-state index contributed by atoms with van der Waals surface area (Å²) in [4.78, 5) is 32.3. The van der Waals surface area contributed by atoms with E-state index < -0.39 is 6.04 Å². The molecule has 1 aromatic carbocycles. The highest BCUT2D eigenvalue weighted by atomic mass is 16.5. The van der Waals surface area contributed by atoms with Crippen molar-refractivity contribution in [2.75, 3.05) is 39.4 Å². The highest BCUT2D eigenvalue weighted by Gasteiger charge is 2.32. The van der Waals surface area contributed by atoms with E-state index in [0.717, 1.165) is 23.7 Å². The Morgan fingerprint density at radius 1 is 1.07 bits per heavy atom. The molecule has 2 aliphatic heterocycles. The molecule has 1 unspecified atom stereocenters. The summed E-state index contributed by atoms with van der Waals surface area (Å²) in [5, 5.41) is 1.03. The van der Waals surface area contributed by atoms with Gasteiger partial charge in [0.25, 0.3) is 5.91 Å². The van der Waals surface area contributed by atoms with Crippen LogP contribution in [0, 0.1) is 5.92 Å². The normalized spacial score (nSPS) is 20.0. The number of benzene rings is 1. The van der Waals surface area contributed by atoms with Crippen molar-refractivity contribution >= 4 is 22.7 Å². The Morgan fingerprint density at radius 3 is 2.44 bits per heavy atom. The molecule has 2 amide bonds. The molecule has 0 bridgehead atoms. The summed E-state index contributed by atoms with van der Waals surface area (Å²) < 4.78 is 5.35. The summed E-state index contributed by atoms with van der Waals surface area (Å²) in [7, 11) is 0. The van der Waals surface area contributed by atoms with Crippen LogP contribution in [0.5, 0.6) is 0 Å². The third kappa shape index (κ3) is 3.70. The lowest BCUT2D eigenvalue weighted by atomic mass is 9.91. The number of ether oxygens (including phenoxy) is 1. The lowest BCUT2D eigenvalue weighted by Gasteiger charge is -2.37. The van der Waals surface area contributed by atoms with Crippen molar-refractivity contribution in [2.45, 2.75) is 18.9 Å². The molecular formula is C20H26N4O3. The molecule has 0 spiro atoms. The van der Waals surface area contributed by atoms with Crippen LogP contribution in [0.3, 0.4) is 0 Å². The van der Waals surface area contributed by atoms with Gasteiger partial charge in [0.15, 0.2) is 0 Å². The summed E-state index contributed by atoms with van der Waals surface area (Å²) in [5.41, 5.74) is 7.77.